The van der Waals surface area contributed by atoms with Gasteiger partial charge in [0, 0.05) is 12.6 Å². The zero-order valence-electron chi connectivity index (χ0n) is 16.7. The molecule has 1 amide bonds. The van der Waals surface area contributed by atoms with Crippen molar-refractivity contribution in [3.63, 3.8) is 0 Å². The number of ether oxygens (including phenoxy) is 1. The number of benzene rings is 2. The van der Waals surface area contributed by atoms with Crippen molar-refractivity contribution in [3.8, 4) is 28.8 Å². The molecular weight excluding hydrogens is 381 g/mol. The lowest BCUT2D eigenvalue weighted by Crippen LogP contribution is -2.25. The summed E-state index contributed by atoms with van der Waals surface area (Å²) >= 11 is 0. The molecule has 3 aromatic rings. The third kappa shape index (κ3) is 5.36. The van der Waals surface area contributed by atoms with Crippen LogP contribution in [0.3, 0.4) is 0 Å². The first-order valence-electron chi connectivity index (χ1n) is 9.44. The summed E-state index contributed by atoms with van der Waals surface area (Å²) in [5.41, 5.74) is 2.78. The number of aryl methyl sites for hydroxylation is 1. The van der Waals surface area contributed by atoms with Crippen molar-refractivity contribution < 1.29 is 13.9 Å². The molecule has 0 saturated heterocycles. The first-order chi connectivity index (χ1) is 14.6. The number of allylic oxidation sites excluding steroid dienone is 1. The zero-order chi connectivity index (χ0) is 21.3. The first kappa shape index (κ1) is 20.9. The molecule has 0 saturated carbocycles. The second-order valence-electron chi connectivity index (χ2n) is 6.47. The SMILES string of the molecule is C=CCc1ccccc1OCC#CCNC(=O)c1cc(-c2ccc(F)cc2)nn1C. The maximum absolute atomic E-state index is 13.1. The standard InChI is InChI=1S/C24H22FN3O2/c1-3-8-19-9-4-5-10-23(19)30-16-7-6-15-26-24(29)22-17-21(27-28(22)2)18-11-13-20(25)14-12-18/h3-5,9-14,17H,1,8,15-16H2,2H3,(H,26,29). The number of rotatable bonds is 7. The molecule has 0 aliphatic heterocycles. The van der Waals surface area contributed by atoms with Gasteiger partial charge in [-0.2, -0.15) is 5.10 Å². The van der Waals surface area contributed by atoms with Crippen molar-refractivity contribution in [2.24, 2.45) is 7.05 Å². The minimum atomic E-state index is -0.320. The molecule has 30 heavy (non-hydrogen) atoms. The molecule has 0 fully saturated rings. The van der Waals surface area contributed by atoms with Crippen LogP contribution in [0.5, 0.6) is 5.75 Å². The summed E-state index contributed by atoms with van der Waals surface area (Å²) < 4.78 is 20.3. The van der Waals surface area contributed by atoms with E-state index in [2.05, 4.69) is 28.8 Å². The maximum atomic E-state index is 13.1. The summed E-state index contributed by atoms with van der Waals surface area (Å²) in [4.78, 5) is 12.4. The normalized spacial score (nSPS) is 10.1. The summed E-state index contributed by atoms with van der Waals surface area (Å²) in [6, 6.07) is 15.4. The van der Waals surface area contributed by atoms with Crippen LogP contribution in [0, 0.1) is 17.7 Å². The van der Waals surface area contributed by atoms with E-state index in [4.69, 9.17) is 4.74 Å². The van der Waals surface area contributed by atoms with Crippen LogP contribution in [0.1, 0.15) is 16.1 Å². The number of nitrogens with zero attached hydrogens (tertiary/aromatic N) is 2. The summed E-state index contributed by atoms with van der Waals surface area (Å²) in [5, 5.41) is 7.06. The van der Waals surface area contributed by atoms with Gasteiger partial charge in [-0.25, -0.2) is 4.39 Å². The molecule has 2 aromatic carbocycles. The Morgan fingerprint density at radius 3 is 2.77 bits per heavy atom. The fourth-order valence-corrected chi connectivity index (χ4v) is 2.85. The largest absolute Gasteiger partial charge is 0.481 e. The van der Waals surface area contributed by atoms with Crippen molar-refractivity contribution in [3.05, 3.63) is 84.3 Å². The molecule has 0 radical (unpaired) electrons. The maximum Gasteiger partial charge on any atom is 0.270 e. The van der Waals surface area contributed by atoms with E-state index in [9.17, 15) is 9.18 Å². The number of carbonyl (C=O) groups excluding carboxylic acids is 1. The quantitative estimate of drug-likeness (QED) is 0.483. The molecule has 0 unspecified atom stereocenters. The molecule has 152 valence electrons. The smallest absolute Gasteiger partial charge is 0.270 e. The van der Waals surface area contributed by atoms with Gasteiger partial charge in [0.25, 0.3) is 5.91 Å². The van der Waals surface area contributed by atoms with Gasteiger partial charge in [0.05, 0.1) is 12.2 Å². The van der Waals surface area contributed by atoms with E-state index in [0.29, 0.717) is 11.4 Å². The van der Waals surface area contributed by atoms with Gasteiger partial charge in [-0.15, -0.1) is 6.58 Å². The fourth-order valence-electron chi connectivity index (χ4n) is 2.85. The molecule has 0 spiro atoms. The van der Waals surface area contributed by atoms with Crippen LogP contribution < -0.4 is 10.1 Å². The van der Waals surface area contributed by atoms with Crippen molar-refractivity contribution >= 4 is 5.91 Å². The molecule has 6 heteroatoms. The van der Waals surface area contributed by atoms with Gasteiger partial charge >= 0.3 is 0 Å². The van der Waals surface area contributed by atoms with Crippen molar-refractivity contribution in [1.82, 2.24) is 15.1 Å². The van der Waals surface area contributed by atoms with Crippen LogP contribution >= 0.6 is 0 Å². The van der Waals surface area contributed by atoms with E-state index in [1.807, 2.05) is 30.3 Å². The van der Waals surface area contributed by atoms with E-state index in [1.165, 1.54) is 16.8 Å². The van der Waals surface area contributed by atoms with E-state index >= 15 is 0 Å². The molecule has 0 atom stereocenters. The lowest BCUT2D eigenvalue weighted by molar-refractivity contribution is 0.0949. The van der Waals surface area contributed by atoms with Crippen LogP contribution in [0.25, 0.3) is 11.3 Å². The molecule has 0 bridgehead atoms. The van der Waals surface area contributed by atoms with Crippen LogP contribution in [-0.2, 0) is 13.5 Å². The molecular formula is C24H22FN3O2. The molecule has 1 heterocycles. The molecule has 0 aliphatic carbocycles. The Bertz CT molecular complexity index is 1090. The topological polar surface area (TPSA) is 56.1 Å². The van der Waals surface area contributed by atoms with E-state index in [0.717, 1.165) is 23.3 Å². The van der Waals surface area contributed by atoms with Crippen molar-refractivity contribution in [2.75, 3.05) is 13.2 Å². The van der Waals surface area contributed by atoms with Gasteiger partial charge in [-0.1, -0.05) is 36.1 Å². The minimum absolute atomic E-state index is 0.188. The van der Waals surface area contributed by atoms with Crippen molar-refractivity contribution in [1.29, 1.82) is 0 Å². The average Bonchev–Trinajstić information content (AvgIpc) is 3.14. The lowest BCUT2D eigenvalue weighted by Gasteiger charge is -2.07. The number of amides is 1. The molecule has 0 aliphatic rings. The van der Waals surface area contributed by atoms with E-state index in [1.54, 1.807) is 25.2 Å². The zero-order valence-corrected chi connectivity index (χ0v) is 16.7. The summed E-state index contributed by atoms with van der Waals surface area (Å²) in [7, 11) is 1.68. The van der Waals surface area contributed by atoms with Gasteiger partial charge in [0.15, 0.2) is 0 Å². The minimum Gasteiger partial charge on any atom is -0.481 e. The predicted octanol–water partition coefficient (Wildman–Crippen LogP) is 3.77. The number of carbonyl (C=O) groups is 1. The van der Waals surface area contributed by atoms with Crippen molar-refractivity contribution in [2.45, 2.75) is 6.42 Å². The van der Waals surface area contributed by atoms with Gasteiger partial charge in [0.2, 0.25) is 0 Å². The Balaban J connectivity index is 1.52. The first-order valence-corrected chi connectivity index (χ1v) is 9.44. The Hall–Kier alpha value is -3.85. The van der Waals surface area contributed by atoms with Crippen LogP contribution in [0.15, 0.2) is 67.3 Å². The summed E-state index contributed by atoms with van der Waals surface area (Å²) in [6.07, 6.45) is 2.55. The van der Waals surface area contributed by atoms with Gasteiger partial charge < -0.3 is 10.1 Å². The number of nitrogens with one attached hydrogen (secondary N) is 1. The summed E-state index contributed by atoms with van der Waals surface area (Å²) in [5.74, 6) is 5.93. The highest BCUT2D eigenvalue weighted by molar-refractivity contribution is 5.93. The highest BCUT2D eigenvalue weighted by atomic mass is 19.1. The Morgan fingerprint density at radius 1 is 1.23 bits per heavy atom. The third-order valence-corrected chi connectivity index (χ3v) is 4.35. The molecule has 5 nitrogen and oxygen atoms in total. The Kier molecular flexibility index (Phi) is 7.01. The molecule has 1 N–H and O–H groups in total. The fraction of sp³-hybridized carbons (Fsp3) is 0.167. The van der Waals surface area contributed by atoms with Crippen LogP contribution in [-0.4, -0.2) is 28.8 Å². The summed E-state index contributed by atoms with van der Waals surface area (Å²) in [6.45, 7) is 4.16. The van der Waals surface area contributed by atoms with E-state index in [-0.39, 0.29) is 24.9 Å². The average molecular weight is 403 g/mol. The van der Waals surface area contributed by atoms with Crippen LogP contribution in [0.4, 0.5) is 4.39 Å². The number of aromatic nitrogens is 2. The second kappa shape index (κ2) is 10.1. The Labute approximate surface area is 175 Å². The number of hydrogen-bond donors (Lipinski definition) is 1. The second-order valence-corrected chi connectivity index (χ2v) is 6.47. The number of para-hydroxylation sites is 1. The highest BCUT2D eigenvalue weighted by Gasteiger charge is 2.13. The predicted molar refractivity (Wildman–Crippen MR) is 115 cm³/mol. The monoisotopic (exact) mass is 403 g/mol. The Morgan fingerprint density at radius 2 is 2.00 bits per heavy atom. The number of halogens is 1. The highest BCUT2D eigenvalue weighted by Crippen LogP contribution is 2.19. The third-order valence-electron chi connectivity index (χ3n) is 4.35. The van der Waals surface area contributed by atoms with Gasteiger partial charge in [-0.05, 0) is 48.4 Å². The molecule has 1 aromatic heterocycles. The van der Waals surface area contributed by atoms with Crippen LogP contribution in [0.2, 0.25) is 0 Å². The molecule has 3 rings (SSSR count). The van der Waals surface area contributed by atoms with E-state index < -0.39 is 0 Å². The van der Waals surface area contributed by atoms with Gasteiger partial charge in [0.1, 0.15) is 23.9 Å². The lowest BCUT2D eigenvalue weighted by atomic mass is 10.1. The van der Waals surface area contributed by atoms with Gasteiger partial charge in [-0.3, -0.25) is 9.48 Å². The number of hydrogen-bond acceptors (Lipinski definition) is 3.